The third kappa shape index (κ3) is 3.22. The first-order chi connectivity index (χ1) is 12.6. The van der Waals surface area contributed by atoms with E-state index in [-0.39, 0.29) is 17.0 Å². The maximum absolute atomic E-state index is 12.6. The molecular weight excluding hydrogens is 348 g/mol. The van der Waals surface area contributed by atoms with E-state index < -0.39 is 0 Å². The van der Waals surface area contributed by atoms with Crippen LogP contribution in [0, 0.1) is 6.92 Å². The van der Waals surface area contributed by atoms with Crippen molar-refractivity contribution in [3.8, 4) is 5.75 Å². The van der Waals surface area contributed by atoms with Crippen molar-refractivity contribution in [2.24, 2.45) is 0 Å². The van der Waals surface area contributed by atoms with E-state index in [4.69, 9.17) is 0 Å². The molecule has 1 aliphatic heterocycles. The Bertz CT molecular complexity index is 961. The Morgan fingerprint density at radius 1 is 1.23 bits per heavy atom. The average Bonchev–Trinajstić information content (AvgIpc) is 2.65. The molecular formula is C19H18N4O2S. The molecule has 2 aromatic heterocycles. The number of fused-ring (bicyclic) bond motifs is 1. The van der Waals surface area contributed by atoms with Gasteiger partial charge in [0.05, 0.1) is 29.8 Å². The van der Waals surface area contributed by atoms with Crippen molar-refractivity contribution in [2.45, 2.75) is 25.3 Å². The summed E-state index contributed by atoms with van der Waals surface area (Å²) in [7, 11) is 0. The summed E-state index contributed by atoms with van der Waals surface area (Å²) >= 11 is 1.68. The zero-order chi connectivity index (χ0) is 18.1. The van der Waals surface area contributed by atoms with Gasteiger partial charge in [0, 0.05) is 23.8 Å². The molecule has 1 aromatic carbocycles. The van der Waals surface area contributed by atoms with Gasteiger partial charge in [0.1, 0.15) is 16.6 Å². The lowest BCUT2D eigenvalue weighted by Gasteiger charge is -2.34. The lowest BCUT2D eigenvalue weighted by molar-refractivity contribution is -0.132. The summed E-state index contributed by atoms with van der Waals surface area (Å²) in [4.78, 5) is 27.6. The Balaban J connectivity index is 1.69. The number of amides is 1. The number of rotatable bonds is 3. The zero-order valence-electron chi connectivity index (χ0n) is 14.3. The molecule has 3 heterocycles. The first kappa shape index (κ1) is 16.8. The monoisotopic (exact) mass is 366 g/mol. The highest BCUT2D eigenvalue weighted by Crippen LogP contribution is 2.38. The van der Waals surface area contributed by atoms with Gasteiger partial charge in [-0.05, 0) is 19.1 Å². The van der Waals surface area contributed by atoms with Crippen LogP contribution in [0.2, 0.25) is 0 Å². The number of phenols is 1. The Labute approximate surface area is 155 Å². The van der Waals surface area contributed by atoms with Crippen LogP contribution in [0.5, 0.6) is 5.75 Å². The van der Waals surface area contributed by atoms with Crippen LogP contribution in [0.1, 0.15) is 28.9 Å². The van der Waals surface area contributed by atoms with Gasteiger partial charge in [0.25, 0.3) is 0 Å². The number of aromatic nitrogens is 3. The highest BCUT2D eigenvalue weighted by atomic mass is 32.2. The van der Waals surface area contributed by atoms with Gasteiger partial charge < -0.3 is 10.0 Å². The van der Waals surface area contributed by atoms with Crippen LogP contribution in [0.15, 0.2) is 42.7 Å². The molecule has 1 unspecified atom stereocenters. The van der Waals surface area contributed by atoms with Gasteiger partial charge >= 0.3 is 0 Å². The lowest BCUT2D eigenvalue weighted by atomic mass is 10.1. The molecule has 0 aliphatic carbocycles. The smallest absolute Gasteiger partial charge is 0.224 e. The van der Waals surface area contributed by atoms with Crippen LogP contribution in [-0.2, 0) is 11.3 Å². The average molecular weight is 366 g/mol. The summed E-state index contributed by atoms with van der Waals surface area (Å²) in [5, 5.41) is 10.8. The topological polar surface area (TPSA) is 79.2 Å². The Morgan fingerprint density at radius 2 is 2.12 bits per heavy atom. The second-order valence-corrected chi connectivity index (χ2v) is 7.42. The number of hydrogen-bond donors (Lipinski definition) is 1. The van der Waals surface area contributed by atoms with Crippen LogP contribution in [-0.4, -0.2) is 36.6 Å². The van der Waals surface area contributed by atoms with E-state index in [0.717, 1.165) is 28.2 Å². The second kappa shape index (κ2) is 6.92. The van der Waals surface area contributed by atoms with Crippen molar-refractivity contribution in [2.75, 3.05) is 5.75 Å². The molecule has 1 atom stereocenters. The summed E-state index contributed by atoms with van der Waals surface area (Å²) in [5.74, 6) is 0.975. The molecule has 7 heteroatoms. The number of hydrogen-bond acceptors (Lipinski definition) is 6. The molecule has 4 rings (SSSR count). The summed E-state index contributed by atoms with van der Waals surface area (Å²) in [5.41, 5.74) is 2.91. The quantitative estimate of drug-likeness (QED) is 0.767. The van der Waals surface area contributed by atoms with Gasteiger partial charge in [-0.1, -0.05) is 18.2 Å². The van der Waals surface area contributed by atoms with Crippen LogP contribution in [0.3, 0.4) is 0 Å². The number of carbonyl (C=O) groups is 1. The van der Waals surface area contributed by atoms with Gasteiger partial charge in [-0.25, -0.2) is 4.98 Å². The predicted octanol–water partition coefficient (Wildman–Crippen LogP) is 3.20. The molecule has 26 heavy (non-hydrogen) atoms. The first-order valence-corrected chi connectivity index (χ1v) is 9.44. The molecule has 0 radical (unpaired) electrons. The van der Waals surface area contributed by atoms with E-state index in [1.54, 1.807) is 41.2 Å². The third-order valence-corrected chi connectivity index (χ3v) is 5.59. The lowest BCUT2D eigenvalue weighted by Crippen LogP contribution is -2.37. The van der Waals surface area contributed by atoms with E-state index in [9.17, 15) is 9.90 Å². The Morgan fingerprint density at radius 3 is 2.92 bits per heavy atom. The molecule has 0 saturated carbocycles. The maximum atomic E-state index is 12.6. The molecule has 1 N–H and O–H groups in total. The molecule has 3 aromatic rings. The predicted molar refractivity (Wildman–Crippen MR) is 101 cm³/mol. The van der Waals surface area contributed by atoms with Crippen molar-refractivity contribution in [3.05, 3.63) is 59.8 Å². The minimum absolute atomic E-state index is 0.0790. The fraction of sp³-hybridized carbons (Fsp3) is 0.263. The molecule has 6 nitrogen and oxygen atoms in total. The normalized spacial score (nSPS) is 17.7. The first-order valence-electron chi connectivity index (χ1n) is 8.39. The SMILES string of the molecule is Cc1cnc(CN2C(=O)CCSC2c2ccc3cccc(O)c3n2)cn1. The van der Waals surface area contributed by atoms with Crippen molar-refractivity contribution < 1.29 is 9.90 Å². The Hall–Kier alpha value is -2.67. The number of aryl methyl sites for hydroxylation is 1. The largest absolute Gasteiger partial charge is 0.506 e. The number of carbonyl (C=O) groups excluding carboxylic acids is 1. The summed E-state index contributed by atoms with van der Waals surface area (Å²) in [6.45, 7) is 2.28. The van der Waals surface area contributed by atoms with Crippen molar-refractivity contribution in [3.63, 3.8) is 0 Å². The van der Waals surface area contributed by atoms with Crippen LogP contribution in [0.25, 0.3) is 10.9 Å². The van der Waals surface area contributed by atoms with Gasteiger partial charge in [0.2, 0.25) is 5.91 Å². The highest BCUT2D eigenvalue weighted by molar-refractivity contribution is 7.99. The van der Waals surface area contributed by atoms with Crippen molar-refractivity contribution >= 4 is 28.6 Å². The van der Waals surface area contributed by atoms with Crippen molar-refractivity contribution in [1.29, 1.82) is 0 Å². The third-order valence-electron chi connectivity index (χ3n) is 4.34. The molecule has 0 bridgehead atoms. The number of para-hydroxylation sites is 1. The molecule has 1 amide bonds. The second-order valence-electron chi connectivity index (χ2n) is 6.23. The number of nitrogens with zero attached hydrogens (tertiary/aromatic N) is 4. The minimum atomic E-state index is -0.205. The Kier molecular flexibility index (Phi) is 4.46. The summed E-state index contributed by atoms with van der Waals surface area (Å²) in [6.07, 6.45) is 3.91. The van der Waals surface area contributed by atoms with Crippen LogP contribution < -0.4 is 0 Å². The van der Waals surface area contributed by atoms with Gasteiger partial charge in [0.15, 0.2) is 0 Å². The summed E-state index contributed by atoms with van der Waals surface area (Å²) < 4.78 is 0. The van der Waals surface area contributed by atoms with E-state index in [0.29, 0.717) is 18.5 Å². The molecule has 132 valence electrons. The standard InChI is InChI=1S/C19H18N4O2S/c1-12-9-21-14(10-20-12)11-23-17(25)7-8-26-19(23)15-6-5-13-3-2-4-16(24)18(13)22-15/h2-6,9-10,19,24H,7-8,11H2,1H3. The minimum Gasteiger partial charge on any atom is -0.506 e. The van der Waals surface area contributed by atoms with Crippen molar-refractivity contribution in [1.82, 2.24) is 19.9 Å². The molecule has 1 fully saturated rings. The number of benzene rings is 1. The van der Waals surface area contributed by atoms with Gasteiger partial charge in [-0.15, -0.1) is 11.8 Å². The molecule has 0 spiro atoms. The fourth-order valence-electron chi connectivity index (χ4n) is 3.00. The van der Waals surface area contributed by atoms with Crippen LogP contribution >= 0.6 is 11.8 Å². The molecule has 1 saturated heterocycles. The fourth-order valence-corrected chi connectivity index (χ4v) is 4.19. The van der Waals surface area contributed by atoms with Gasteiger partial charge in [-0.2, -0.15) is 0 Å². The van der Waals surface area contributed by atoms with E-state index in [2.05, 4.69) is 15.0 Å². The van der Waals surface area contributed by atoms with E-state index in [1.165, 1.54) is 0 Å². The van der Waals surface area contributed by atoms with Crippen LogP contribution in [0.4, 0.5) is 0 Å². The molecule has 1 aliphatic rings. The number of thioether (sulfide) groups is 1. The van der Waals surface area contributed by atoms with E-state index >= 15 is 0 Å². The maximum Gasteiger partial charge on any atom is 0.224 e. The number of aromatic hydroxyl groups is 1. The van der Waals surface area contributed by atoms with E-state index in [1.807, 2.05) is 25.1 Å². The highest BCUT2D eigenvalue weighted by Gasteiger charge is 2.31. The van der Waals surface area contributed by atoms with Gasteiger partial charge in [-0.3, -0.25) is 14.8 Å². The zero-order valence-corrected chi connectivity index (χ0v) is 15.1. The number of phenolic OH excluding ortho intramolecular Hbond substituents is 1. The summed E-state index contributed by atoms with van der Waals surface area (Å²) in [6, 6.07) is 9.18. The number of pyridine rings is 1.